The van der Waals surface area contributed by atoms with Crippen LogP contribution in [0.1, 0.15) is 0 Å². The lowest BCUT2D eigenvalue weighted by molar-refractivity contribution is 0.572. The molecule has 1 N–H and O–H groups in total. The van der Waals surface area contributed by atoms with Crippen molar-refractivity contribution in [1.82, 2.24) is 15.1 Å². The molecular formula is C8H11Cl2N3. The Bertz CT molecular complexity index is 256. The van der Waals surface area contributed by atoms with E-state index in [1.54, 1.807) is 6.20 Å². The van der Waals surface area contributed by atoms with E-state index in [4.69, 9.17) is 23.2 Å². The summed E-state index contributed by atoms with van der Waals surface area (Å²) in [6.45, 7) is 2.26. The Hall–Kier alpha value is -0.510. The first-order chi connectivity index (χ1) is 6.33. The van der Waals surface area contributed by atoms with Crippen molar-refractivity contribution in [2.24, 2.45) is 0 Å². The van der Waals surface area contributed by atoms with Crippen molar-refractivity contribution in [2.75, 3.05) is 13.1 Å². The SMILES string of the molecule is ClC=C(Cl)CNCCn1cccn1. The average molecular weight is 220 g/mol. The van der Waals surface area contributed by atoms with Gasteiger partial charge in [-0.25, -0.2) is 0 Å². The van der Waals surface area contributed by atoms with E-state index in [9.17, 15) is 0 Å². The topological polar surface area (TPSA) is 29.9 Å². The maximum atomic E-state index is 5.67. The average Bonchev–Trinajstić information content (AvgIpc) is 2.64. The maximum Gasteiger partial charge on any atom is 0.0534 e. The molecule has 0 aliphatic heterocycles. The Morgan fingerprint density at radius 1 is 1.62 bits per heavy atom. The van der Waals surface area contributed by atoms with Gasteiger partial charge in [-0.15, -0.1) is 0 Å². The number of hydrogen-bond donors (Lipinski definition) is 1. The molecule has 1 rings (SSSR count). The fraction of sp³-hybridized carbons (Fsp3) is 0.375. The van der Waals surface area contributed by atoms with Crippen LogP contribution in [-0.2, 0) is 6.54 Å². The molecule has 0 aliphatic rings. The predicted molar refractivity (Wildman–Crippen MR) is 54.9 cm³/mol. The van der Waals surface area contributed by atoms with Gasteiger partial charge in [-0.3, -0.25) is 4.68 Å². The fourth-order valence-electron chi connectivity index (χ4n) is 0.873. The van der Waals surface area contributed by atoms with Gasteiger partial charge in [0.1, 0.15) is 0 Å². The Kier molecular flexibility index (Phi) is 4.90. The molecule has 5 heteroatoms. The lowest BCUT2D eigenvalue weighted by Crippen LogP contribution is -2.21. The number of halogens is 2. The van der Waals surface area contributed by atoms with Gasteiger partial charge in [0.15, 0.2) is 0 Å². The molecule has 0 aliphatic carbocycles. The van der Waals surface area contributed by atoms with Crippen LogP contribution in [0.3, 0.4) is 0 Å². The summed E-state index contributed by atoms with van der Waals surface area (Å²) in [6, 6.07) is 1.89. The van der Waals surface area contributed by atoms with Crippen LogP contribution >= 0.6 is 23.2 Å². The zero-order valence-corrected chi connectivity index (χ0v) is 8.59. The highest BCUT2D eigenvalue weighted by molar-refractivity contribution is 6.36. The fourth-order valence-corrected chi connectivity index (χ4v) is 1.04. The predicted octanol–water partition coefficient (Wildman–Crippen LogP) is 1.79. The largest absolute Gasteiger partial charge is 0.310 e. The van der Waals surface area contributed by atoms with Crippen molar-refractivity contribution in [3.63, 3.8) is 0 Å². The third-order valence-electron chi connectivity index (χ3n) is 1.49. The van der Waals surface area contributed by atoms with E-state index in [1.165, 1.54) is 5.54 Å². The van der Waals surface area contributed by atoms with Crippen LogP contribution in [-0.4, -0.2) is 22.9 Å². The van der Waals surface area contributed by atoms with E-state index in [0.29, 0.717) is 11.6 Å². The number of nitrogens with zero attached hydrogens (tertiary/aromatic N) is 2. The van der Waals surface area contributed by atoms with Crippen LogP contribution < -0.4 is 5.32 Å². The van der Waals surface area contributed by atoms with Gasteiger partial charge in [0.05, 0.1) is 6.54 Å². The summed E-state index contributed by atoms with van der Waals surface area (Å²) in [5, 5.41) is 7.80. The zero-order chi connectivity index (χ0) is 9.52. The Morgan fingerprint density at radius 3 is 3.08 bits per heavy atom. The van der Waals surface area contributed by atoms with Gasteiger partial charge in [0, 0.05) is 36.1 Å². The molecule has 72 valence electrons. The molecule has 0 aromatic carbocycles. The standard InChI is InChI=1S/C8H11Cl2N3/c9-6-8(10)7-11-3-5-13-4-1-2-12-13/h1-2,4,6,11H,3,5,7H2. The molecule has 0 saturated heterocycles. The van der Waals surface area contributed by atoms with E-state index in [2.05, 4.69) is 10.4 Å². The van der Waals surface area contributed by atoms with Crippen molar-refractivity contribution in [2.45, 2.75) is 6.54 Å². The van der Waals surface area contributed by atoms with Crippen LogP contribution in [0.2, 0.25) is 0 Å². The Morgan fingerprint density at radius 2 is 2.46 bits per heavy atom. The monoisotopic (exact) mass is 219 g/mol. The van der Waals surface area contributed by atoms with E-state index < -0.39 is 0 Å². The molecule has 1 heterocycles. The first-order valence-electron chi connectivity index (χ1n) is 3.96. The molecule has 3 nitrogen and oxygen atoms in total. The first kappa shape index (κ1) is 10.6. The summed E-state index contributed by atoms with van der Waals surface area (Å²) in [7, 11) is 0. The molecule has 0 radical (unpaired) electrons. The maximum absolute atomic E-state index is 5.67. The van der Waals surface area contributed by atoms with Gasteiger partial charge in [-0.1, -0.05) is 23.2 Å². The molecule has 0 unspecified atom stereocenters. The summed E-state index contributed by atoms with van der Waals surface area (Å²) in [6.07, 6.45) is 3.67. The van der Waals surface area contributed by atoms with Gasteiger partial charge >= 0.3 is 0 Å². The minimum atomic E-state index is 0.603. The minimum Gasteiger partial charge on any atom is -0.310 e. The van der Waals surface area contributed by atoms with Crippen molar-refractivity contribution < 1.29 is 0 Å². The summed E-state index contributed by atoms with van der Waals surface area (Å²) in [5.41, 5.74) is 1.36. The molecule has 0 saturated carbocycles. The summed E-state index contributed by atoms with van der Waals surface area (Å²) >= 11 is 11.0. The van der Waals surface area contributed by atoms with Crippen LogP contribution in [0, 0.1) is 0 Å². The normalized spacial score (nSPS) is 12.0. The Labute approximate surface area is 87.3 Å². The second-order valence-electron chi connectivity index (χ2n) is 2.50. The van der Waals surface area contributed by atoms with E-state index in [1.807, 2.05) is 16.9 Å². The second-order valence-corrected chi connectivity index (χ2v) is 3.21. The molecule has 0 bridgehead atoms. The van der Waals surface area contributed by atoms with Crippen LogP contribution in [0.4, 0.5) is 0 Å². The third-order valence-corrected chi connectivity index (χ3v) is 2.11. The highest BCUT2D eigenvalue weighted by Crippen LogP contribution is 1.99. The van der Waals surface area contributed by atoms with Gasteiger partial charge < -0.3 is 5.32 Å². The molecule has 0 spiro atoms. The van der Waals surface area contributed by atoms with Crippen molar-refractivity contribution in [1.29, 1.82) is 0 Å². The molecule has 0 atom stereocenters. The molecule has 1 aromatic rings. The first-order valence-corrected chi connectivity index (χ1v) is 4.77. The molecule has 13 heavy (non-hydrogen) atoms. The zero-order valence-electron chi connectivity index (χ0n) is 7.08. The second kappa shape index (κ2) is 6.02. The van der Waals surface area contributed by atoms with Crippen molar-refractivity contribution >= 4 is 23.2 Å². The smallest absolute Gasteiger partial charge is 0.0534 e. The van der Waals surface area contributed by atoms with E-state index in [-0.39, 0.29) is 0 Å². The molecule has 1 aromatic heterocycles. The number of rotatable bonds is 5. The number of nitrogens with one attached hydrogen (secondary N) is 1. The van der Waals surface area contributed by atoms with Crippen molar-refractivity contribution in [3.8, 4) is 0 Å². The minimum absolute atomic E-state index is 0.603. The van der Waals surface area contributed by atoms with Gasteiger partial charge in [-0.05, 0) is 6.07 Å². The summed E-state index contributed by atoms with van der Waals surface area (Å²) < 4.78 is 1.85. The molecule has 0 fully saturated rings. The van der Waals surface area contributed by atoms with Crippen LogP contribution in [0.5, 0.6) is 0 Å². The highest BCUT2D eigenvalue weighted by atomic mass is 35.5. The van der Waals surface area contributed by atoms with Crippen LogP contribution in [0.15, 0.2) is 29.0 Å². The van der Waals surface area contributed by atoms with Crippen molar-refractivity contribution in [3.05, 3.63) is 29.0 Å². The summed E-state index contributed by atoms with van der Waals surface area (Å²) in [5.74, 6) is 0. The molecule has 0 amide bonds. The summed E-state index contributed by atoms with van der Waals surface area (Å²) in [4.78, 5) is 0. The Balaban J connectivity index is 2.08. The van der Waals surface area contributed by atoms with Gasteiger partial charge in [0.2, 0.25) is 0 Å². The third kappa shape index (κ3) is 4.31. The lowest BCUT2D eigenvalue weighted by atomic mass is 10.5. The number of aromatic nitrogens is 2. The number of hydrogen-bond acceptors (Lipinski definition) is 2. The lowest BCUT2D eigenvalue weighted by Gasteiger charge is -2.03. The van der Waals surface area contributed by atoms with Gasteiger partial charge in [0.25, 0.3) is 0 Å². The molecular weight excluding hydrogens is 209 g/mol. The van der Waals surface area contributed by atoms with Gasteiger partial charge in [-0.2, -0.15) is 5.10 Å². The van der Waals surface area contributed by atoms with Crippen LogP contribution in [0.25, 0.3) is 0 Å². The quantitative estimate of drug-likeness (QED) is 0.766. The highest BCUT2D eigenvalue weighted by Gasteiger charge is 1.92. The van der Waals surface area contributed by atoms with E-state index >= 15 is 0 Å². The van der Waals surface area contributed by atoms with E-state index in [0.717, 1.165) is 13.1 Å².